The van der Waals surface area contributed by atoms with Gasteiger partial charge in [0.05, 0.1) is 12.6 Å². The number of pyridine rings is 1. The molecule has 32 heavy (non-hydrogen) atoms. The van der Waals surface area contributed by atoms with Crippen LogP contribution >= 0.6 is 0 Å². The van der Waals surface area contributed by atoms with Gasteiger partial charge >= 0.3 is 0 Å². The standard InChI is InChI=1S/C25H26N4O3/c1-32-19-9-7-16(8-10-19)12-22-25(31)29-15-18(13-23(29)24(30)28-22)27-14-17-4-2-6-21-20(17)5-3-11-26-21/h2-11,18,22-23,27H,12-15H2,1H3,(H,28,30)/t18-,22-,23-/m0/s1. The molecule has 2 saturated heterocycles. The summed E-state index contributed by atoms with van der Waals surface area (Å²) < 4.78 is 5.19. The Hall–Kier alpha value is -3.45. The Balaban J connectivity index is 1.24. The lowest BCUT2D eigenvalue weighted by Gasteiger charge is -2.34. The van der Waals surface area contributed by atoms with Crippen molar-refractivity contribution in [2.24, 2.45) is 0 Å². The van der Waals surface area contributed by atoms with Crippen molar-refractivity contribution in [3.63, 3.8) is 0 Å². The summed E-state index contributed by atoms with van der Waals surface area (Å²) in [6.07, 6.45) is 2.88. The van der Waals surface area contributed by atoms with E-state index < -0.39 is 12.1 Å². The summed E-state index contributed by atoms with van der Waals surface area (Å²) in [6.45, 7) is 1.21. The Morgan fingerprint density at radius 3 is 2.78 bits per heavy atom. The number of ether oxygens (including phenoxy) is 1. The summed E-state index contributed by atoms with van der Waals surface area (Å²) in [4.78, 5) is 32.0. The van der Waals surface area contributed by atoms with Crippen LogP contribution < -0.4 is 15.4 Å². The highest BCUT2D eigenvalue weighted by atomic mass is 16.5. The van der Waals surface area contributed by atoms with Crippen molar-refractivity contribution in [3.05, 3.63) is 71.9 Å². The number of methoxy groups -OCH3 is 1. The van der Waals surface area contributed by atoms with E-state index in [2.05, 4.69) is 27.8 Å². The number of aromatic nitrogens is 1. The fourth-order valence-corrected chi connectivity index (χ4v) is 4.72. The molecule has 2 amide bonds. The van der Waals surface area contributed by atoms with Crippen molar-refractivity contribution in [1.29, 1.82) is 0 Å². The summed E-state index contributed by atoms with van der Waals surface area (Å²) >= 11 is 0. The quantitative estimate of drug-likeness (QED) is 0.625. The van der Waals surface area contributed by atoms with Gasteiger partial charge in [0.2, 0.25) is 11.8 Å². The third-order valence-corrected chi connectivity index (χ3v) is 6.42. The highest BCUT2D eigenvalue weighted by Gasteiger charge is 2.46. The predicted molar refractivity (Wildman–Crippen MR) is 121 cm³/mol. The first-order valence-electron chi connectivity index (χ1n) is 10.9. The minimum absolute atomic E-state index is 0.0101. The lowest BCUT2D eigenvalue weighted by molar-refractivity contribution is -0.147. The van der Waals surface area contributed by atoms with Gasteiger partial charge in [-0.15, -0.1) is 0 Å². The van der Waals surface area contributed by atoms with E-state index >= 15 is 0 Å². The predicted octanol–water partition coefficient (Wildman–Crippen LogP) is 2.04. The van der Waals surface area contributed by atoms with Crippen LogP contribution in [0.4, 0.5) is 0 Å². The van der Waals surface area contributed by atoms with Gasteiger partial charge < -0.3 is 20.3 Å². The van der Waals surface area contributed by atoms with E-state index in [0.29, 0.717) is 25.9 Å². The number of piperazine rings is 1. The minimum Gasteiger partial charge on any atom is -0.497 e. The zero-order valence-electron chi connectivity index (χ0n) is 18.0. The second kappa shape index (κ2) is 8.59. The van der Waals surface area contributed by atoms with Crippen LogP contribution in [0.15, 0.2) is 60.8 Å². The average molecular weight is 431 g/mol. The van der Waals surface area contributed by atoms with Crippen LogP contribution in [-0.4, -0.2) is 53.5 Å². The van der Waals surface area contributed by atoms with Crippen LogP contribution in [0, 0.1) is 0 Å². The molecule has 2 aliphatic rings. The van der Waals surface area contributed by atoms with Crippen LogP contribution in [0.5, 0.6) is 5.75 Å². The molecule has 0 aliphatic carbocycles. The average Bonchev–Trinajstić information content (AvgIpc) is 3.27. The zero-order chi connectivity index (χ0) is 22.1. The van der Waals surface area contributed by atoms with E-state index in [1.165, 1.54) is 0 Å². The van der Waals surface area contributed by atoms with Gasteiger partial charge in [0.25, 0.3) is 0 Å². The number of hydrogen-bond donors (Lipinski definition) is 2. The van der Waals surface area contributed by atoms with Crippen molar-refractivity contribution >= 4 is 22.7 Å². The fourth-order valence-electron chi connectivity index (χ4n) is 4.72. The van der Waals surface area contributed by atoms with Crippen molar-refractivity contribution in [1.82, 2.24) is 20.5 Å². The van der Waals surface area contributed by atoms with Gasteiger partial charge in [-0.2, -0.15) is 0 Å². The zero-order valence-corrected chi connectivity index (χ0v) is 18.0. The molecular weight excluding hydrogens is 404 g/mol. The summed E-state index contributed by atoms with van der Waals surface area (Å²) in [7, 11) is 1.62. The molecule has 3 heterocycles. The normalized spacial score (nSPS) is 22.7. The molecule has 0 unspecified atom stereocenters. The van der Waals surface area contributed by atoms with Gasteiger partial charge in [-0.3, -0.25) is 14.6 Å². The summed E-state index contributed by atoms with van der Waals surface area (Å²) in [6, 6.07) is 16.8. The van der Waals surface area contributed by atoms with Crippen LogP contribution in [0.1, 0.15) is 17.5 Å². The molecule has 2 aliphatic heterocycles. The fraction of sp³-hybridized carbons (Fsp3) is 0.320. The molecule has 0 saturated carbocycles. The number of nitrogens with zero attached hydrogens (tertiary/aromatic N) is 2. The van der Waals surface area contributed by atoms with Crippen LogP contribution in [0.3, 0.4) is 0 Å². The lowest BCUT2D eigenvalue weighted by atomic mass is 10.0. The second-order valence-corrected chi connectivity index (χ2v) is 8.42. The number of fused-ring (bicyclic) bond motifs is 2. The van der Waals surface area contributed by atoms with Crippen LogP contribution in [-0.2, 0) is 22.6 Å². The summed E-state index contributed by atoms with van der Waals surface area (Å²) in [5.41, 5.74) is 3.11. The Morgan fingerprint density at radius 1 is 1.12 bits per heavy atom. The van der Waals surface area contributed by atoms with E-state index in [9.17, 15) is 9.59 Å². The first kappa shape index (κ1) is 20.5. The number of benzene rings is 2. The Bertz CT molecular complexity index is 1140. The van der Waals surface area contributed by atoms with E-state index in [0.717, 1.165) is 27.8 Å². The smallest absolute Gasteiger partial charge is 0.246 e. The van der Waals surface area contributed by atoms with Gasteiger partial charge in [0.15, 0.2) is 0 Å². The molecule has 164 valence electrons. The molecular formula is C25H26N4O3. The van der Waals surface area contributed by atoms with E-state index in [1.807, 2.05) is 42.5 Å². The van der Waals surface area contributed by atoms with E-state index in [-0.39, 0.29) is 17.9 Å². The topological polar surface area (TPSA) is 83.6 Å². The van der Waals surface area contributed by atoms with E-state index in [4.69, 9.17) is 4.74 Å². The largest absolute Gasteiger partial charge is 0.497 e. The van der Waals surface area contributed by atoms with Crippen LogP contribution in [0.2, 0.25) is 0 Å². The number of hydrogen-bond acceptors (Lipinski definition) is 5. The van der Waals surface area contributed by atoms with Crippen molar-refractivity contribution in [2.45, 2.75) is 37.5 Å². The monoisotopic (exact) mass is 430 g/mol. The molecule has 7 nitrogen and oxygen atoms in total. The second-order valence-electron chi connectivity index (χ2n) is 8.42. The molecule has 3 aromatic rings. The Labute approximate surface area is 186 Å². The SMILES string of the molecule is COc1ccc(C[C@@H]2NC(=O)[C@@H]3C[C@H](NCc4cccc5ncccc45)CN3C2=O)cc1. The molecule has 0 radical (unpaired) electrons. The van der Waals surface area contributed by atoms with Crippen molar-refractivity contribution in [3.8, 4) is 5.75 Å². The van der Waals surface area contributed by atoms with Crippen molar-refractivity contribution in [2.75, 3.05) is 13.7 Å². The van der Waals surface area contributed by atoms with Gasteiger partial charge in [0.1, 0.15) is 17.8 Å². The molecule has 0 bridgehead atoms. The maximum atomic E-state index is 13.1. The molecule has 5 rings (SSSR count). The van der Waals surface area contributed by atoms with Crippen LogP contribution in [0.25, 0.3) is 10.9 Å². The van der Waals surface area contributed by atoms with Gasteiger partial charge in [-0.05, 0) is 41.8 Å². The Kier molecular flexibility index (Phi) is 5.49. The molecule has 2 aromatic carbocycles. The summed E-state index contributed by atoms with van der Waals surface area (Å²) in [5.74, 6) is 0.689. The number of carbonyl (C=O) groups excluding carboxylic acids is 2. The maximum absolute atomic E-state index is 13.1. The van der Waals surface area contributed by atoms with E-state index in [1.54, 1.807) is 18.2 Å². The highest BCUT2D eigenvalue weighted by molar-refractivity contribution is 5.97. The molecule has 2 fully saturated rings. The third-order valence-electron chi connectivity index (χ3n) is 6.42. The minimum atomic E-state index is -0.532. The first-order chi connectivity index (χ1) is 15.6. The molecule has 7 heteroatoms. The first-order valence-corrected chi connectivity index (χ1v) is 10.9. The maximum Gasteiger partial charge on any atom is 0.246 e. The number of rotatable bonds is 6. The lowest BCUT2D eigenvalue weighted by Crippen LogP contribution is -2.61. The third kappa shape index (κ3) is 3.91. The van der Waals surface area contributed by atoms with Gasteiger partial charge in [-0.1, -0.05) is 30.3 Å². The van der Waals surface area contributed by atoms with Crippen molar-refractivity contribution < 1.29 is 14.3 Å². The highest BCUT2D eigenvalue weighted by Crippen LogP contribution is 2.25. The van der Waals surface area contributed by atoms with Gasteiger partial charge in [-0.25, -0.2) is 0 Å². The Morgan fingerprint density at radius 2 is 1.97 bits per heavy atom. The molecule has 1 aromatic heterocycles. The molecule has 3 atom stereocenters. The number of nitrogens with one attached hydrogen (secondary N) is 2. The summed E-state index contributed by atoms with van der Waals surface area (Å²) in [5, 5.41) is 7.60. The number of amides is 2. The van der Waals surface area contributed by atoms with Gasteiger partial charge in [0, 0.05) is 37.1 Å². The number of carbonyl (C=O) groups is 2. The molecule has 0 spiro atoms. The molecule has 2 N–H and O–H groups in total.